The van der Waals surface area contributed by atoms with Gasteiger partial charge >= 0.3 is 0 Å². The highest BCUT2D eigenvalue weighted by molar-refractivity contribution is 7.71. The summed E-state index contributed by atoms with van der Waals surface area (Å²) >= 11 is 5.35. The van der Waals surface area contributed by atoms with E-state index in [1.165, 1.54) is 0 Å². The number of fused-ring (bicyclic) bond motifs is 1. The number of ether oxygens (including phenoxy) is 1. The Morgan fingerprint density at radius 2 is 2.00 bits per heavy atom. The van der Waals surface area contributed by atoms with Gasteiger partial charge in [-0.3, -0.25) is 4.90 Å². The lowest BCUT2D eigenvalue weighted by Crippen LogP contribution is -2.37. The first-order valence-electron chi connectivity index (χ1n) is 8.55. The lowest BCUT2D eigenvalue weighted by Gasteiger charge is -2.25. The highest BCUT2D eigenvalue weighted by Gasteiger charge is 2.16. The Morgan fingerprint density at radius 1 is 1.20 bits per heavy atom. The number of morpholine rings is 1. The van der Waals surface area contributed by atoms with Crippen LogP contribution in [0.4, 0.5) is 0 Å². The molecular weight excluding hydrogens is 338 g/mol. The van der Waals surface area contributed by atoms with Gasteiger partial charge in [0.25, 0.3) is 4.84 Å². The van der Waals surface area contributed by atoms with Crippen molar-refractivity contribution in [2.75, 3.05) is 26.3 Å². The standard InChI is InChI=1S/C17H21N5O2S/c1-2-15-18-13-5-3-4-6-14(13)21(15)11-16-19-22(17(25)24-16)12-20-7-9-23-10-8-20/h3-6H,2,7-12H2,1H3. The van der Waals surface area contributed by atoms with E-state index in [1.54, 1.807) is 4.68 Å². The number of benzene rings is 1. The molecule has 8 heteroatoms. The molecule has 0 spiro atoms. The molecule has 1 saturated heterocycles. The molecule has 0 amide bonds. The topological polar surface area (TPSA) is 61.2 Å². The molecule has 1 aliphatic rings. The van der Waals surface area contributed by atoms with Gasteiger partial charge in [0, 0.05) is 19.5 Å². The minimum atomic E-state index is 0.406. The molecule has 3 aromatic rings. The molecule has 2 aromatic heterocycles. The van der Waals surface area contributed by atoms with E-state index in [9.17, 15) is 0 Å². The monoisotopic (exact) mass is 359 g/mol. The van der Waals surface area contributed by atoms with E-state index in [4.69, 9.17) is 21.4 Å². The second-order valence-electron chi connectivity index (χ2n) is 6.09. The van der Waals surface area contributed by atoms with Crippen LogP contribution < -0.4 is 0 Å². The fourth-order valence-corrected chi connectivity index (χ4v) is 3.34. The van der Waals surface area contributed by atoms with Crippen molar-refractivity contribution in [3.63, 3.8) is 0 Å². The number of hydrogen-bond acceptors (Lipinski definition) is 6. The molecular formula is C17H21N5O2S. The Bertz CT molecular complexity index is 923. The van der Waals surface area contributed by atoms with Crippen LogP contribution in [0.15, 0.2) is 28.7 Å². The van der Waals surface area contributed by atoms with E-state index >= 15 is 0 Å². The largest absolute Gasteiger partial charge is 0.412 e. The first kappa shape index (κ1) is 16.4. The third kappa shape index (κ3) is 3.37. The average Bonchev–Trinajstić information content (AvgIpc) is 3.16. The van der Waals surface area contributed by atoms with Gasteiger partial charge in [-0.25, -0.2) is 9.67 Å². The van der Waals surface area contributed by atoms with Crippen molar-refractivity contribution in [1.82, 2.24) is 24.2 Å². The van der Waals surface area contributed by atoms with Crippen molar-refractivity contribution in [3.05, 3.63) is 40.8 Å². The molecule has 0 bridgehead atoms. The Labute approximate surface area is 150 Å². The maximum Gasteiger partial charge on any atom is 0.288 e. The number of nitrogens with zero attached hydrogens (tertiary/aromatic N) is 5. The van der Waals surface area contributed by atoms with Gasteiger partial charge in [0.2, 0.25) is 5.89 Å². The third-order valence-corrected chi connectivity index (χ3v) is 4.72. The summed E-state index contributed by atoms with van der Waals surface area (Å²) in [5.74, 6) is 1.63. The summed E-state index contributed by atoms with van der Waals surface area (Å²) in [7, 11) is 0. The molecule has 7 nitrogen and oxygen atoms in total. The van der Waals surface area contributed by atoms with Crippen LogP contribution >= 0.6 is 12.2 Å². The van der Waals surface area contributed by atoms with E-state index in [0.717, 1.165) is 49.6 Å². The van der Waals surface area contributed by atoms with Gasteiger partial charge in [0.1, 0.15) is 12.4 Å². The Balaban J connectivity index is 1.59. The smallest absolute Gasteiger partial charge is 0.288 e. The normalized spacial score (nSPS) is 15.9. The molecule has 0 atom stereocenters. The summed E-state index contributed by atoms with van der Waals surface area (Å²) in [5.41, 5.74) is 2.08. The summed E-state index contributed by atoms with van der Waals surface area (Å²) in [6.45, 7) is 6.54. The molecule has 1 aromatic carbocycles. The van der Waals surface area contributed by atoms with E-state index in [-0.39, 0.29) is 0 Å². The van der Waals surface area contributed by atoms with Crippen molar-refractivity contribution >= 4 is 23.3 Å². The highest BCUT2D eigenvalue weighted by atomic mass is 32.1. The minimum absolute atomic E-state index is 0.406. The highest BCUT2D eigenvalue weighted by Crippen LogP contribution is 2.18. The number of aryl methyl sites for hydroxylation is 1. The van der Waals surface area contributed by atoms with Crippen molar-refractivity contribution in [2.24, 2.45) is 0 Å². The van der Waals surface area contributed by atoms with Crippen molar-refractivity contribution in [2.45, 2.75) is 26.6 Å². The third-order valence-electron chi connectivity index (χ3n) is 4.43. The molecule has 4 rings (SSSR count). The molecule has 1 fully saturated rings. The van der Waals surface area contributed by atoms with Gasteiger partial charge < -0.3 is 13.7 Å². The number of para-hydroxylation sites is 2. The van der Waals surface area contributed by atoms with Crippen molar-refractivity contribution < 1.29 is 9.15 Å². The summed E-state index contributed by atoms with van der Waals surface area (Å²) in [6, 6.07) is 8.12. The van der Waals surface area contributed by atoms with Crippen LogP contribution in [-0.2, 0) is 24.4 Å². The SMILES string of the molecule is CCc1nc2ccccc2n1Cc1nn(CN2CCOCC2)c(=S)o1. The molecule has 0 saturated carbocycles. The van der Waals surface area contributed by atoms with Gasteiger partial charge in [-0.05, 0) is 24.4 Å². The molecule has 0 unspecified atom stereocenters. The molecule has 3 heterocycles. The van der Waals surface area contributed by atoms with E-state index in [2.05, 4.69) is 32.5 Å². The molecule has 0 aliphatic carbocycles. The zero-order chi connectivity index (χ0) is 17.2. The summed E-state index contributed by atoms with van der Waals surface area (Å²) < 4.78 is 15.0. The number of imidazole rings is 1. The van der Waals surface area contributed by atoms with Gasteiger partial charge in [-0.2, -0.15) is 0 Å². The molecule has 0 N–H and O–H groups in total. The quantitative estimate of drug-likeness (QED) is 0.652. The van der Waals surface area contributed by atoms with E-state index in [0.29, 0.717) is 23.9 Å². The summed E-state index contributed by atoms with van der Waals surface area (Å²) in [6.07, 6.45) is 0.851. The van der Waals surface area contributed by atoms with Crippen molar-refractivity contribution in [3.8, 4) is 0 Å². The van der Waals surface area contributed by atoms with Crippen LogP contribution in [-0.4, -0.2) is 50.5 Å². The first-order valence-corrected chi connectivity index (χ1v) is 8.96. The van der Waals surface area contributed by atoms with Crippen molar-refractivity contribution in [1.29, 1.82) is 0 Å². The molecule has 0 radical (unpaired) electrons. The number of aromatic nitrogens is 4. The van der Waals surface area contributed by atoms with Gasteiger partial charge in [0.15, 0.2) is 0 Å². The second-order valence-corrected chi connectivity index (χ2v) is 6.44. The van der Waals surface area contributed by atoms with Crippen LogP contribution in [0.2, 0.25) is 0 Å². The van der Waals surface area contributed by atoms with Crippen LogP contribution in [0.5, 0.6) is 0 Å². The Kier molecular flexibility index (Phi) is 4.65. The number of rotatable bonds is 5. The first-order chi connectivity index (χ1) is 12.2. The summed E-state index contributed by atoms with van der Waals surface area (Å²) in [4.78, 5) is 7.35. The van der Waals surface area contributed by atoms with Gasteiger partial charge in [-0.1, -0.05) is 19.1 Å². The van der Waals surface area contributed by atoms with Crippen LogP contribution in [0, 0.1) is 4.84 Å². The molecule has 132 valence electrons. The van der Waals surface area contributed by atoms with Crippen LogP contribution in [0.3, 0.4) is 0 Å². The van der Waals surface area contributed by atoms with Gasteiger partial charge in [-0.15, -0.1) is 5.10 Å². The zero-order valence-electron chi connectivity index (χ0n) is 14.2. The van der Waals surface area contributed by atoms with Crippen LogP contribution in [0.25, 0.3) is 11.0 Å². The van der Waals surface area contributed by atoms with Crippen LogP contribution in [0.1, 0.15) is 18.6 Å². The Hall–Kier alpha value is -2.03. The van der Waals surface area contributed by atoms with E-state index < -0.39 is 0 Å². The average molecular weight is 359 g/mol. The maximum atomic E-state index is 5.74. The maximum absolute atomic E-state index is 5.74. The number of hydrogen-bond donors (Lipinski definition) is 0. The second kappa shape index (κ2) is 7.07. The fourth-order valence-electron chi connectivity index (χ4n) is 3.14. The molecule has 25 heavy (non-hydrogen) atoms. The lowest BCUT2D eigenvalue weighted by molar-refractivity contribution is 0.0206. The zero-order valence-corrected chi connectivity index (χ0v) is 15.0. The predicted octanol–water partition coefficient (Wildman–Crippen LogP) is 2.46. The summed E-state index contributed by atoms with van der Waals surface area (Å²) in [5, 5.41) is 4.58. The predicted molar refractivity (Wildman–Crippen MR) is 95.9 cm³/mol. The molecule has 1 aliphatic heterocycles. The van der Waals surface area contributed by atoms with Gasteiger partial charge in [0.05, 0.1) is 30.9 Å². The van der Waals surface area contributed by atoms with E-state index in [1.807, 2.05) is 18.2 Å². The fraction of sp³-hybridized carbons (Fsp3) is 0.471. The minimum Gasteiger partial charge on any atom is -0.412 e. The lowest BCUT2D eigenvalue weighted by atomic mass is 10.3. The Morgan fingerprint density at radius 3 is 2.80 bits per heavy atom.